The predicted molar refractivity (Wildman–Crippen MR) is 79.6 cm³/mol. The number of benzene rings is 1. The third-order valence-corrected chi connectivity index (χ3v) is 3.29. The highest BCUT2D eigenvalue weighted by Crippen LogP contribution is 2.35. The molecular weight excluding hydrogens is 274 g/mol. The van der Waals surface area contributed by atoms with E-state index in [9.17, 15) is 14.9 Å². The number of hydrogen-bond donors (Lipinski definition) is 2. The number of rotatable bonds is 5. The molecule has 0 saturated carbocycles. The Balaban J connectivity index is 2.41. The van der Waals surface area contributed by atoms with Gasteiger partial charge >= 0.3 is 0 Å². The number of fused-ring (bicyclic) bond motifs is 1. The maximum atomic E-state index is 11.5. The topological polar surface area (TPSA) is 93.5 Å². The summed E-state index contributed by atoms with van der Waals surface area (Å²) in [6, 6.07) is 3.15. The second-order valence-electron chi connectivity index (χ2n) is 5.77. The van der Waals surface area contributed by atoms with Crippen LogP contribution in [0.1, 0.15) is 25.8 Å². The van der Waals surface area contributed by atoms with Crippen LogP contribution in [0.3, 0.4) is 0 Å². The molecular formula is C14H19N3O4. The molecule has 0 aromatic heterocycles. The van der Waals surface area contributed by atoms with Gasteiger partial charge in [0.1, 0.15) is 5.69 Å². The van der Waals surface area contributed by atoms with Crippen LogP contribution in [-0.4, -0.2) is 30.1 Å². The second-order valence-corrected chi connectivity index (χ2v) is 5.77. The summed E-state index contributed by atoms with van der Waals surface area (Å²) < 4.78 is 5.11. The first-order chi connectivity index (χ1) is 9.82. The average Bonchev–Trinajstić information content (AvgIpc) is 2.36. The van der Waals surface area contributed by atoms with Crippen molar-refractivity contribution >= 4 is 23.0 Å². The van der Waals surface area contributed by atoms with Crippen molar-refractivity contribution in [1.82, 2.24) is 0 Å². The van der Waals surface area contributed by atoms with Crippen LogP contribution >= 0.6 is 0 Å². The molecule has 0 fully saturated rings. The summed E-state index contributed by atoms with van der Waals surface area (Å²) in [5, 5.41) is 17.1. The number of carbonyl (C=O) groups is 1. The summed E-state index contributed by atoms with van der Waals surface area (Å²) in [5.74, 6) is -0.0709. The summed E-state index contributed by atoms with van der Waals surface area (Å²) >= 11 is 0. The number of anilines is 2. The molecule has 0 bridgehead atoms. The number of carbonyl (C=O) groups excluding carboxylic acids is 1. The van der Waals surface area contributed by atoms with E-state index in [-0.39, 0.29) is 11.6 Å². The van der Waals surface area contributed by atoms with Gasteiger partial charge in [0.25, 0.3) is 5.69 Å². The van der Waals surface area contributed by atoms with E-state index >= 15 is 0 Å². The van der Waals surface area contributed by atoms with Crippen LogP contribution in [0.15, 0.2) is 12.1 Å². The van der Waals surface area contributed by atoms with Gasteiger partial charge in [0.05, 0.1) is 17.1 Å². The lowest BCUT2D eigenvalue weighted by atomic mass is 10.00. The van der Waals surface area contributed by atoms with E-state index in [1.807, 2.05) is 13.8 Å². The second kappa shape index (κ2) is 5.69. The number of ether oxygens (including phenoxy) is 1. The first kappa shape index (κ1) is 15.2. The molecule has 1 aliphatic heterocycles. The molecule has 1 heterocycles. The van der Waals surface area contributed by atoms with E-state index < -0.39 is 10.5 Å². The fraction of sp³-hybridized carbons (Fsp3) is 0.500. The minimum atomic E-state index is -0.466. The van der Waals surface area contributed by atoms with E-state index in [2.05, 4.69) is 10.6 Å². The summed E-state index contributed by atoms with van der Waals surface area (Å²) in [6.45, 7) is 4.17. The largest absolute Gasteiger partial charge is 0.382 e. The number of aryl methyl sites for hydroxylation is 1. The molecule has 1 amide bonds. The highest BCUT2D eigenvalue weighted by Gasteiger charge is 2.26. The van der Waals surface area contributed by atoms with E-state index in [4.69, 9.17) is 4.74 Å². The zero-order chi connectivity index (χ0) is 15.6. The molecule has 1 aliphatic rings. The van der Waals surface area contributed by atoms with E-state index in [0.29, 0.717) is 30.8 Å². The van der Waals surface area contributed by atoms with E-state index in [1.54, 1.807) is 13.2 Å². The smallest absolute Gasteiger partial charge is 0.292 e. The van der Waals surface area contributed by atoms with Gasteiger partial charge < -0.3 is 15.4 Å². The highest BCUT2D eigenvalue weighted by molar-refractivity contribution is 5.95. The molecule has 7 heteroatoms. The van der Waals surface area contributed by atoms with Gasteiger partial charge in [-0.3, -0.25) is 14.9 Å². The Hall–Kier alpha value is -2.15. The quantitative estimate of drug-likeness (QED) is 0.642. The molecule has 21 heavy (non-hydrogen) atoms. The number of methoxy groups -OCH3 is 1. The normalized spacial score (nSPS) is 14.3. The Labute approximate surface area is 122 Å². The number of nitrogens with zero attached hydrogens (tertiary/aromatic N) is 1. The van der Waals surface area contributed by atoms with Gasteiger partial charge in [0.15, 0.2) is 0 Å². The molecule has 1 aromatic rings. The standard InChI is InChI=1S/C14H19N3O4/c1-14(2,8-21-3)16-11-7-10-9(4-5-13(18)15-10)6-12(11)17(19)20/h6-7,16H,4-5,8H2,1-3H3,(H,15,18). The molecule has 1 aromatic carbocycles. The van der Waals surface area contributed by atoms with Crippen molar-refractivity contribution in [3.05, 3.63) is 27.8 Å². The van der Waals surface area contributed by atoms with Gasteiger partial charge in [0.2, 0.25) is 5.91 Å². The predicted octanol–water partition coefficient (Wildman–Crippen LogP) is 2.32. The SMILES string of the molecule is COCC(C)(C)Nc1cc2c(cc1[N+](=O)[O-])CCC(=O)N2. The summed E-state index contributed by atoms with van der Waals surface area (Å²) in [6.07, 6.45) is 0.871. The molecule has 0 saturated heterocycles. The monoisotopic (exact) mass is 293 g/mol. The van der Waals surface area contributed by atoms with Crippen LogP contribution in [0.4, 0.5) is 17.1 Å². The van der Waals surface area contributed by atoms with Crippen molar-refractivity contribution in [3.8, 4) is 0 Å². The molecule has 2 N–H and O–H groups in total. The van der Waals surface area contributed by atoms with Gasteiger partial charge in [0, 0.05) is 25.3 Å². The summed E-state index contributed by atoms with van der Waals surface area (Å²) in [4.78, 5) is 22.3. The lowest BCUT2D eigenvalue weighted by Crippen LogP contribution is -2.36. The van der Waals surface area contributed by atoms with Crippen LogP contribution in [0.5, 0.6) is 0 Å². The Kier molecular flexibility index (Phi) is 4.13. The Bertz CT molecular complexity index is 584. The molecule has 0 aliphatic carbocycles. The van der Waals surface area contributed by atoms with E-state index in [0.717, 1.165) is 5.56 Å². The van der Waals surface area contributed by atoms with Crippen molar-refractivity contribution in [2.45, 2.75) is 32.2 Å². The van der Waals surface area contributed by atoms with Crippen LogP contribution in [-0.2, 0) is 16.0 Å². The molecule has 114 valence electrons. The molecule has 7 nitrogen and oxygen atoms in total. The summed E-state index contributed by atoms with van der Waals surface area (Å²) in [7, 11) is 1.57. The lowest BCUT2D eigenvalue weighted by molar-refractivity contribution is -0.384. The van der Waals surface area contributed by atoms with Crippen molar-refractivity contribution in [2.24, 2.45) is 0 Å². The maximum Gasteiger partial charge on any atom is 0.292 e. The fourth-order valence-electron chi connectivity index (χ4n) is 2.43. The van der Waals surface area contributed by atoms with Crippen LogP contribution in [0.2, 0.25) is 0 Å². The number of nitro benzene ring substituents is 1. The minimum absolute atomic E-state index is 0.00840. The van der Waals surface area contributed by atoms with Crippen LogP contribution in [0.25, 0.3) is 0 Å². The van der Waals surface area contributed by atoms with Gasteiger partial charge in [-0.05, 0) is 31.9 Å². The van der Waals surface area contributed by atoms with Crippen molar-refractivity contribution < 1.29 is 14.5 Å². The minimum Gasteiger partial charge on any atom is -0.382 e. The highest BCUT2D eigenvalue weighted by atomic mass is 16.6. The molecule has 2 rings (SSSR count). The summed E-state index contributed by atoms with van der Waals surface area (Å²) in [5.41, 5.74) is 1.34. The van der Waals surface area contributed by atoms with Gasteiger partial charge in [-0.1, -0.05) is 0 Å². The zero-order valence-electron chi connectivity index (χ0n) is 12.4. The van der Waals surface area contributed by atoms with E-state index in [1.165, 1.54) is 6.07 Å². The molecule has 0 atom stereocenters. The lowest BCUT2D eigenvalue weighted by Gasteiger charge is -2.27. The molecule has 0 spiro atoms. The van der Waals surface area contributed by atoms with Gasteiger partial charge in [-0.25, -0.2) is 0 Å². The Morgan fingerprint density at radius 2 is 2.14 bits per heavy atom. The number of hydrogen-bond acceptors (Lipinski definition) is 5. The third kappa shape index (κ3) is 3.49. The Morgan fingerprint density at radius 1 is 1.43 bits per heavy atom. The number of nitrogens with one attached hydrogen (secondary N) is 2. The molecule has 0 unspecified atom stereocenters. The Morgan fingerprint density at radius 3 is 2.76 bits per heavy atom. The molecule has 0 radical (unpaired) electrons. The first-order valence-corrected chi connectivity index (χ1v) is 6.71. The zero-order valence-corrected chi connectivity index (χ0v) is 12.4. The number of amides is 1. The van der Waals surface area contributed by atoms with Crippen molar-refractivity contribution in [2.75, 3.05) is 24.4 Å². The maximum absolute atomic E-state index is 11.5. The van der Waals surface area contributed by atoms with Crippen LogP contribution in [0, 0.1) is 10.1 Å². The first-order valence-electron chi connectivity index (χ1n) is 6.71. The van der Waals surface area contributed by atoms with Gasteiger partial charge in [-0.2, -0.15) is 0 Å². The van der Waals surface area contributed by atoms with Crippen LogP contribution < -0.4 is 10.6 Å². The third-order valence-electron chi connectivity index (χ3n) is 3.29. The average molecular weight is 293 g/mol. The van der Waals surface area contributed by atoms with Gasteiger partial charge in [-0.15, -0.1) is 0 Å². The number of nitro groups is 1. The fourth-order valence-corrected chi connectivity index (χ4v) is 2.43. The van der Waals surface area contributed by atoms with Crippen molar-refractivity contribution in [1.29, 1.82) is 0 Å². The van der Waals surface area contributed by atoms with Crippen molar-refractivity contribution in [3.63, 3.8) is 0 Å².